The monoisotopic (exact) mass is 272 g/mol. The predicted octanol–water partition coefficient (Wildman–Crippen LogP) is 3.33. The number of nitrogens with one attached hydrogen (secondary N) is 1. The number of carbonyl (C=O) groups excluding carboxylic acids is 1. The van der Waals surface area contributed by atoms with E-state index in [1.54, 1.807) is 6.20 Å². The summed E-state index contributed by atoms with van der Waals surface area (Å²) in [5.74, 6) is 0.765. The smallest absolute Gasteiger partial charge is 0.253 e. The third-order valence-corrected chi connectivity index (χ3v) is 6.27. The highest BCUT2D eigenvalue weighted by atomic mass is 16.1. The van der Waals surface area contributed by atoms with Gasteiger partial charge in [-0.1, -0.05) is 20.8 Å². The fourth-order valence-corrected chi connectivity index (χ4v) is 4.27. The molecular formula is C17H24N2O. The average molecular weight is 272 g/mol. The van der Waals surface area contributed by atoms with Gasteiger partial charge >= 0.3 is 0 Å². The third-order valence-electron chi connectivity index (χ3n) is 6.27. The molecule has 1 amide bonds. The molecule has 1 aromatic heterocycles. The Morgan fingerprint density at radius 1 is 1.35 bits per heavy atom. The zero-order chi connectivity index (χ0) is 14.5. The molecule has 2 saturated carbocycles. The van der Waals surface area contributed by atoms with E-state index in [4.69, 9.17) is 0 Å². The highest BCUT2D eigenvalue weighted by Gasteiger charge is 2.61. The van der Waals surface area contributed by atoms with Crippen molar-refractivity contribution in [3.63, 3.8) is 0 Å². The molecule has 108 valence electrons. The number of hydrogen-bond acceptors (Lipinski definition) is 2. The van der Waals surface area contributed by atoms with Crippen molar-refractivity contribution in [3.05, 3.63) is 29.6 Å². The van der Waals surface area contributed by atoms with Crippen LogP contribution in [0.5, 0.6) is 0 Å². The van der Waals surface area contributed by atoms with Crippen molar-refractivity contribution in [3.8, 4) is 0 Å². The number of carbonyl (C=O) groups is 1. The van der Waals surface area contributed by atoms with E-state index < -0.39 is 0 Å². The maximum Gasteiger partial charge on any atom is 0.253 e. The SMILES string of the molecule is Cc1ccc(C(=O)N[C@H]2C[C@H]3CC[C@@]2(C)C3(C)C)cn1. The fourth-order valence-electron chi connectivity index (χ4n) is 4.27. The summed E-state index contributed by atoms with van der Waals surface area (Å²) < 4.78 is 0. The Hall–Kier alpha value is -1.38. The zero-order valence-corrected chi connectivity index (χ0v) is 12.9. The molecule has 2 bridgehead atoms. The van der Waals surface area contributed by atoms with Gasteiger partial charge in [0.05, 0.1) is 5.56 Å². The maximum atomic E-state index is 12.4. The summed E-state index contributed by atoms with van der Waals surface area (Å²) in [6, 6.07) is 4.05. The Balaban J connectivity index is 1.76. The van der Waals surface area contributed by atoms with E-state index in [0.717, 1.165) is 18.0 Å². The molecule has 3 nitrogen and oxygen atoms in total. The minimum Gasteiger partial charge on any atom is -0.349 e. The number of aromatic nitrogens is 1. The first-order valence-corrected chi connectivity index (χ1v) is 7.58. The third kappa shape index (κ3) is 1.79. The number of amides is 1. The second-order valence-electron chi connectivity index (χ2n) is 7.32. The van der Waals surface area contributed by atoms with Crippen LogP contribution in [0.25, 0.3) is 0 Å². The first-order chi connectivity index (χ1) is 9.34. The lowest BCUT2D eigenvalue weighted by Gasteiger charge is -2.39. The number of hydrogen-bond donors (Lipinski definition) is 1. The number of nitrogens with zero attached hydrogens (tertiary/aromatic N) is 1. The topological polar surface area (TPSA) is 42.0 Å². The van der Waals surface area contributed by atoms with Gasteiger partial charge < -0.3 is 5.32 Å². The molecule has 3 heteroatoms. The number of aryl methyl sites for hydroxylation is 1. The van der Waals surface area contributed by atoms with Crippen LogP contribution in [0.2, 0.25) is 0 Å². The maximum absolute atomic E-state index is 12.4. The molecule has 20 heavy (non-hydrogen) atoms. The van der Waals surface area contributed by atoms with Crippen LogP contribution in [0.1, 0.15) is 56.1 Å². The summed E-state index contributed by atoms with van der Waals surface area (Å²) in [5.41, 5.74) is 2.16. The average Bonchev–Trinajstić information content (AvgIpc) is 2.72. The van der Waals surface area contributed by atoms with Crippen LogP contribution in [0, 0.1) is 23.7 Å². The van der Waals surface area contributed by atoms with E-state index in [-0.39, 0.29) is 11.3 Å². The molecule has 1 N–H and O–H groups in total. The summed E-state index contributed by atoms with van der Waals surface area (Å²) in [4.78, 5) is 16.6. The Morgan fingerprint density at radius 2 is 2.10 bits per heavy atom. The van der Waals surface area contributed by atoms with Gasteiger partial charge in [-0.15, -0.1) is 0 Å². The number of pyridine rings is 1. The molecule has 0 radical (unpaired) electrons. The molecule has 2 aliphatic rings. The second kappa shape index (κ2) is 4.31. The van der Waals surface area contributed by atoms with Gasteiger partial charge in [-0.2, -0.15) is 0 Å². The van der Waals surface area contributed by atoms with Crippen LogP contribution in [-0.4, -0.2) is 16.9 Å². The van der Waals surface area contributed by atoms with Gasteiger partial charge in [0.1, 0.15) is 0 Å². The molecule has 3 atom stereocenters. The largest absolute Gasteiger partial charge is 0.349 e. The van der Waals surface area contributed by atoms with Crippen LogP contribution in [0.3, 0.4) is 0 Å². The van der Waals surface area contributed by atoms with Gasteiger partial charge in [-0.3, -0.25) is 9.78 Å². The van der Waals surface area contributed by atoms with Crippen molar-refractivity contribution in [1.82, 2.24) is 10.3 Å². The minimum absolute atomic E-state index is 0.0204. The van der Waals surface area contributed by atoms with E-state index in [2.05, 4.69) is 31.1 Å². The molecule has 1 aromatic rings. The predicted molar refractivity (Wildman–Crippen MR) is 79.5 cm³/mol. The molecule has 2 aliphatic carbocycles. The molecule has 0 aliphatic heterocycles. The van der Waals surface area contributed by atoms with E-state index in [1.165, 1.54) is 12.8 Å². The van der Waals surface area contributed by atoms with Crippen molar-refractivity contribution in [2.75, 3.05) is 0 Å². The highest BCUT2D eigenvalue weighted by molar-refractivity contribution is 5.94. The summed E-state index contributed by atoms with van der Waals surface area (Å²) in [6.45, 7) is 9.01. The van der Waals surface area contributed by atoms with Crippen molar-refractivity contribution >= 4 is 5.91 Å². The van der Waals surface area contributed by atoms with Gasteiger partial charge in [0.2, 0.25) is 0 Å². The summed E-state index contributed by atoms with van der Waals surface area (Å²) >= 11 is 0. The summed E-state index contributed by atoms with van der Waals surface area (Å²) in [5, 5.41) is 3.26. The normalized spacial score (nSPS) is 34.2. The molecule has 2 fully saturated rings. The minimum atomic E-state index is 0.0204. The standard InChI is InChI=1S/C17H24N2O/c1-11-5-6-12(10-18-11)15(20)19-14-9-13-7-8-17(14,4)16(13,2)3/h5-6,10,13-14H,7-9H2,1-4H3,(H,19,20)/t13-,14+,17-/m1/s1. The van der Waals surface area contributed by atoms with Gasteiger partial charge in [0, 0.05) is 17.9 Å². The van der Waals surface area contributed by atoms with Crippen LogP contribution >= 0.6 is 0 Å². The lowest BCUT2D eigenvalue weighted by atomic mass is 9.69. The summed E-state index contributed by atoms with van der Waals surface area (Å²) in [6.07, 6.45) is 5.32. The van der Waals surface area contributed by atoms with Crippen molar-refractivity contribution in [1.29, 1.82) is 0 Å². The zero-order valence-electron chi connectivity index (χ0n) is 12.9. The van der Waals surface area contributed by atoms with Gasteiger partial charge in [-0.05, 0) is 55.1 Å². The van der Waals surface area contributed by atoms with Crippen LogP contribution in [0.4, 0.5) is 0 Å². The van der Waals surface area contributed by atoms with Gasteiger partial charge in [0.25, 0.3) is 5.91 Å². The van der Waals surface area contributed by atoms with Crippen LogP contribution < -0.4 is 5.32 Å². The molecule has 0 spiro atoms. The van der Waals surface area contributed by atoms with E-state index >= 15 is 0 Å². The molecular weight excluding hydrogens is 248 g/mol. The van der Waals surface area contributed by atoms with Crippen LogP contribution in [0.15, 0.2) is 18.3 Å². The van der Waals surface area contributed by atoms with E-state index in [0.29, 0.717) is 17.0 Å². The quantitative estimate of drug-likeness (QED) is 0.897. The lowest BCUT2D eigenvalue weighted by Crippen LogP contribution is -2.46. The molecule has 1 heterocycles. The Bertz CT molecular complexity index is 534. The molecule has 0 saturated heterocycles. The number of rotatable bonds is 2. The number of fused-ring (bicyclic) bond motifs is 2. The first kappa shape index (κ1) is 13.6. The van der Waals surface area contributed by atoms with E-state index in [9.17, 15) is 4.79 Å². The Kier molecular flexibility index (Phi) is 2.93. The van der Waals surface area contributed by atoms with Gasteiger partial charge in [-0.25, -0.2) is 0 Å². The highest BCUT2D eigenvalue weighted by Crippen LogP contribution is 2.65. The fraction of sp³-hybridized carbons (Fsp3) is 0.647. The summed E-state index contributed by atoms with van der Waals surface area (Å²) in [7, 11) is 0. The molecule has 3 rings (SSSR count). The Labute approximate surface area is 121 Å². The molecule has 0 unspecified atom stereocenters. The lowest BCUT2D eigenvalue weighted by molar-refractivity contribution is 0.0826. The first-order valence-electron chi connectivity index (χ1n) is 7.58. The van der Waals surface area contributed by atoms with Crippen LogP contribution in [-0.2, 0) is 0 Å². The second-order valence-corrected chi connectivity index (χ2v) is 7.32. The molecule has 0 aromatic carbocycles. The van der Waals surface area contributed by atoms with Crippen molar-refractivity contribution in [2.24, 2.45) is 16.7 Å². The van der Waals surface area contributed by atoms with Crippen molar-refractivity contribution in [2.45, 2.75) is 53.0 Å². The van der Waals surface area contributed by atoms with E-state index in [1.807, 2.05) is 19.1 Å². The Morgan fingerprint density at radius 3 is 2.60 bits per heavy atom. The van der Waals surface area contributed by atoms with Crippen molar-refractivity contribution < 1.29 is 4.79 Å². The van der Waals surface area contributed by atoms with Gasteiger partial charge in [0.15, 0.2) is 0 Å².